The molecule has 0 bridgehead atoms. The Hall–Kier alpha value is -3.61. The summed E-state index contributed by atoms with van der Waals surface area (Å²) in [6.45, 7) is 0.221. The van der Waals surface area contributed by atoms with E-state index in [9.17, 15) is 9.59 Å². The highest BCUT2D eigenvalue weighted by atomic mass is 16.5. The number of rotatable bonds is 5. The molecule has 136 valence electrons. The summed E-state index contributed by atoms with van der Waals surface area (Å²) < 4.78 is 17.4. The topological polar surface area (TPSA) is 83.6 Å². The molecule has 2 aromatic carbocycles. The van der Waals surface area contributed by atoms with Gasteiger partial charge in [0.25, 0.3) is 5.56 Å². The summed E-state index contributed by atoms with van der Waals surface area (Å²) in [5, 5.41) is 1.27. The van der Waals surface area contributed by atoms with Gasteiger partial charge in [0.05, 0.1) is 30.9 Å². The van der Waals surface area contributed by atoms with E-state index in [0.717, 1.165) is 5.39 Å². The van der Waals surface area contributed by atoms with Crippen LogP contribution in [0.3, 0.4) is 0 Å². The fourth-order valence-corrected chi connectivity index (χ4v) is 2.87. The van der Waals surface area contributed by atoms with Crippen LogP contribution >= 0.6 is 0 Å². The molecule has 7 heteroatoms. The second kappa shape index (κ2) is 6.95. The molecule has 2 aromatic heterocycles. The Morgan fingerprint density at radius 3 is 2.89 bits per heavy atom. The van der Waals surface area contributed by atoms with Gasteiger partial charge < -0.3 is 13.9 Å². The van der Waals surface area contributed by atoms with E-state index in [1.807, 2.05) is 18.2 Å². The highest BCUT2D eigenvalue weighted by Crippen LogP contribution is 2.28. The fourth-order valence-electron chi connectivity index (χ4n) is 2.87. The van der Waals surface area contributed by atoms with Crippen molar-refractivity contribution >= 4 is 27.8 Å². The molecule has 0 fully saturated rings. The van der Waals surface area contributed by atoms with Crippen LogP contribution in [-0.2, 0) is 11.3 Å². The van der Waals surface area contributed by atoms with Gasteiger partial charge in [-0.3, -0.25) is 9.36 Å². The SMILES string of the molecule is COc1cccc2cc(C(=O)OCCn3cnc4ccccc4c3=O)oc12. The third-order valence-corrected chi connectivity index (χ3v) is 4.23. The lowest BCUT2D eigenvalue weighted by molar-refractivity contribution is 0.0456. The quantitative estimate of drug-likeness (QED) is 0.506. The van der Waals surface area contributed by atoms with Crippen LogP contribution in [-0.4, -0.2) is 29.2 Å². The highest BCUT2D eigenvalue weighted by Gasteiger charge is 2.16. The first kappa shape index (κ1) is 16.8. The van der Waals surface area contributed by atoms with E-state index in [4.69, 9.17) is 13.9 Å². The molecule has 0 aliphatic rings. The minimum absolute atomic E-state index is 0.0208. The van der Waals surface area contributed by atoms with Gasteiger partial charge in [-0.05, 0) is 24.3 Å². The Bertz CT molecular complexity index is 1190. The Balaban J connectivity index is 1.47. The maximum absolute atomic E-state index is 12.4. The van der Waals surface area contributed by atoms with Crippen molar-refractivity contribution < 1.29 is 18.7 Å². The molecule has 0 atom stereocenters. The second-order valence-electron chi connectivity index (χ2n) is 5.89. The monoisotopic (exact) mass is 364 g/mol. The first-order valence-electron chi connectivity index (χ1n) is 8.35. The molecule has 0 spiro atoms. The Kier molecular flexibility index (Phi) is 4.33. The summed E-state index contributed by atoms with van der Waals surface area (Å²) in [4.78, 5) is 28.9. The number of methoxy groups -OCH3 is 1. The van der Waals surface area contributed by atoms with Crippen LogP contribution in [0.5, 0.6) is 5.75 Å². The van der Waals surface area contributed by atoms with Crippen molar-refractivity contribution in [1.82, 2.24) is 9.55 Å². The molecule has 0 aliphatic carbocycles. The van der Waals surface area contributed by atoms with Crippen molar-refractivity contribution in [2.75, 3.05) is 13.7 Å². The average molecular weight is 364 g/mol. The van der Waals surface area contributed by atoms with Crippen molar-refractivity contribution in [2.24, 2.45) is 0 Å². The summed E-state index contributed by atoms with van der Waals surface area (Å²) in [5.41, 5.74) is 0.944. The van der Waals surface area contributed by atoms with Gasteiger partial charge in [0, 0.05) is 5.39 Å². The van der Waals surface area contributed by atoms with Crippen molar-refractivity contribution in [1.29, 1.82) is 0 Å². The number of hydrogen-bond donors (Lipinski definition) is 0. The van der Waals surface area contributed by atoms with Crippen LogP contribution in [0, 0.1) is 0 Å². The number of furan rings is 1. The number of ether oxygens (including phenoxy) is 2. The van der Waals surface area contributed by atoms with Crippen LogP contribution in [0.4, 0.5) is 0 Å². The van der Waals surface area contributed by atoms with Gasteiger partial charge in [-0.15, -0.1) is 0 Å². The number of para-hydroxylation sites is 2. The summed E-state index contributed by atoms with van der Waals surface area (Å²) in [6.07, 6.45) is 1.45. The molecule has 0 saturated heterocycles. The van der Waals surface area contributed by atoms with Gasteiger partial charge in [-0.25, -0.2) is 9.78 Å². The lowest BCUT2D eigenvalue weighted by atomic mass is 10.2. The van der Waals surface area contributed by atoms with Crippen molar-refractivity contribution in [2.45, 2.75) is 6.54 Å². The number of fused-ring (bicyclic) bond motifs is 2. The Morgan fingerprint density at radius 2 is 2.04 bits per heavy atom. The van der Waals surface area contributed by atoms with E-state index in [1.165, 1.54) is 18.0 Å². The smallest absolute Gasteiger partial charge is 0.374 e. The zero-order valence-electron chi connectivity index (χ0n) is 14.5. The van der Waals surface area contributed by atoms with Gasteiger partial charge in [0.2, 0.25) is 5.76 Å². The van der Waals surface area contributed by atoms with E-state index in [1.54, 1.807) is 30.3 Å². The summed E-state index contributed by atoms with van der Waals surface area (Å²) in [5.74, 6) is 0.0221. The van der Waals surface area contributed by atoms with Crippen molar-refractivity contribution in [3.8, 4) is 5.75 Å². The molecule has 0 N–H and O–H groups in total. The number of benzene rings is 2. The molecule has 2 heterocycles. The van der Waals surface area contributed by atoms with Gasteiger partial charge in [-0.2, -0.15) is 0 Å². The van der Waals surface area contributed by atoms with Gasteiger partial charge in [0.15, 0.2) is 11.3 Å². The lowest BCUT2D eigenvalue weighted by Gasteiger charge is -2.07. The maximum Gasteiger partial charge on any atom is 0.374 e. The van der Waals surface area contributed by atoms with Gasteiger partial charge in [-0.1, -0.05) is 24.3 Å². The predicted octanol–water partition coefficient (Wildman–Crippen LogP) is 3.01. The van der Waals surface area contributed by atoms with Gasteiger partial charge in [0.1, 0.15) is 6.61 Å². The van der Waals surface area contributed by atoms with E-state index in [-0.39, 0.29) is 24.5 Å². The number of carbonyl (C=O) groups is 1. The summed E-state index contributed by atoms with van der Waals surface area (Å²) >= 11 is 0. The largest absolute Gasteiger partial charge is 0.493 e. The second-order valence-corrected chi connectivity index (χ2v) is 5.89. The van der Waals surface area contributed by atoms with E-state index in [2.05, 4.69) is 4.98 Å². The van der Waals surface area contributed by atoms with E-state index < -0.39 is 5.97 Å². The molecular formula is C20H16N2O5. The van der Waals surface area contributed by atoms with Crippen molar-refractivity contribution in [3.05, 3.63) is 71.0 Å². The predicted molar refractivity (Wildman–Crippen MR) is 99.1 cm³/mol. The summed E-state index contributed by atoms with van der Waals surface area (Å²) in [6, 6.07) is 14.1. The van der Waals surface area contributed by atoms with Crippen LogP contribution in [0.2, 0.25) is 0 Å². The average Bonchev–Trinajstić information content (AvgIpc) is 3.14. The molecule has 4 aromatic rings. The molecule has 0 aliphatic heterocycles. The molecule has 0 amide bonds. The lowest BCUT2D eigenvalue weighted by Crippen LogP contribution is -2.23. The van der Waals surface area contributed by atoms with Gasteiger partial charge >= 0.3 is 5.97 Å². The number of esters is 1. The third kappa shape index (κ3) is 3.15. The zero-order chi connectivity index (χ0) is 18.8. The number of hydrogen-bond acceptors (Lipinski definition) is 6. The molecule has 27 heavy (non-hydrogen) atoms. The van der Waals surface area contributed by atoms with Crippen LogP contribution < -0.4 is 10.3 Å². The number of aromatic nitrogens is 2. The van der Waals surface area contributed by atoms with E-state index >= 15 is 0 Å². The number of nitrogens with zero attached hydrogens (tertiary/aromatic N) is 2. The molecule has 7 nitrogen and oxygen atoms in total. The first-order valence-corrected chi connectivity index (χ1v) is 8.35. The zero-order valence-corrected chi connectivity index (χ0v) is 14.5. The first-order chi connectivity index (χ1) is 13.2. The fraction of sp³-hybridized carbons (Fsp3) is 0.150. The van der Waals surface area contributed by atoms with Crippen LogP contribution in [0.15, 0.2) is 64.1 Å². The minimum atomic E-state index is -0.602. The van der Waals surface area contributed by atoms with E-state index in [0.29, 0.717) is 22.2 Å². The molecule has 0 radical (unpaired) electrons. The van der Waals surface area contributed by atoms with Crippen molar-refractivity contribution in [3.63, 3.8) is 0 Å². The van der Waals surface area contributed by atoms with Crippen LogP contribution in [0.1, 0.15) is 10.6 Å². The standard InChI is InChI=1S/C20H16N2O5/c1-25-16-8-4-5-13-11-17(27-18(13)16)20(24)26-10-9-22-12-21-15-7-3-2-6-14(15)19(22)23/h2-8,11-12H,9-10H2,1H3. The molecule has 4 rings (SSSR count). The number of carbonyl (C=O) groups excluding carboxylic acids is 1. The Morgan fingerprint density at radius 1 is 1.19 bits per heavy atom. The molecule has 0 saturated carbocycles. The normalized spacial score (nSPS) is 11.0. The minimum Gasteiger partial charge on any atom is -0.493 e. The third-order valence-electron chi connectivity index (χ3n) is 4.23. The highest BCUT2D eigenvalue weighted by molar-refractivity contribution is 5.94. The van der Waals surface area contributed by atoms with Crippen LogP contribution in [0.25, 0.3) is 21.9 Å². The Labute approximate surface area is 153 Å². The maximum atomic E-state index is 12.4. The molecular weight excluding hydrogens is 348 g/mol. The molecule has 0 unspecified atom stereocenters. The summed E-state index contributed by atoms with van der Waals surface area (Å²) in [7, 11) is 1.53.